The summed E-state index contributed by atoms with van der Waals surface area (Å²) in [7, 11) is 2.21. The van der Waals surface area contributed by atoms with E-state index in [0.717, 1.165) is 40.9 Å². The Morgan fingerprint density at radius 3 is 2.61 bits per heavy atom. The summed E-state index contributed by atoms with van der Waals surface area (Å²) in [6.45, 7) is 7.96. The fourth-order valence-electron chi connectivity index (χ4n) is 6.18. The van der Waals surface area contributed by atoms with Crippen molar-refractivity contribution in [3.63, 3.8) is 0 Å². The predicted octanol–water partition coefficient (Wildman–Crippen LogP) is 3.23. The fourth-order valence-corrected chi connectivity index (χ4v) is 6.18. The Labute approximate surface area is 209 Å². The summed E-state index contributed by atoms with van der Waals surface area (Å²) in [6, 6.07) is 5.61. The van der Waals surface area contributed by atoms with Crippen molar-refractivity contribution in [2.75, 3.05) is 20.1 Å². The van der Waals surface area contributed by atoms with Gasteiger partial charge in [-0.2, -0.15) is 10.2 Å². The molecule has 10 heteroatoms. The molecule has 1 aliphatic heterocycles. The summed E-state index contributed by atoms with van der Waals surface area (Å²) >= 11 is 0. The van der Waals surface area contributed by atoms with Crippen LogP contribution in [0.4, 0.5) is 0 Å². The first-order valence-corrected chi connectivity index (χ1v) is 12.8. The Hall–Kier alpha value is -3.53. The number of primary amides is 1. The van der Waals surface area contributed by atoms with E-state index in [4.69, 9.17) is 10.8 Å². The maximum atomic E-state index is 12.2. The maximum Gasteiger partial charge on any atom is 0.248 e. The number of carbonyl (C=O) groups excluding carboxylic acids is 1. The molecule has 1 aliphatic carbocycles. The van der Waals surface area contributed by atoms with Crippen molar-refractivity contribution >= 4 is 16.8 Å². The predicted molar refractivity (Wildman–Crippen MR) is 137 cm³/mol. The van der Waals surface area contributed by atoms with Crippen molar-refractivity contribution < 1.29 is 4.79 Å². The number of carbonyl (C=O) groups is 1. The van der Waals surface area contributed by atoms with E-state index in [2.05, 4.69) is 32.2 Å². The van der Waals surface area contributed by atoms with Gasteiger partial charge in [0.1, 0.15) is 5.69 Å². The standard InChI is InChI=1S/C26H33N9O/c1-4-34-22(9-16(2)32-34)25-29-24(30-31-25)19-10-18(23(27)36)11-21-20(19)14-28-35(21)15-17-12-26(13-17)5-7-33(3)8-6-26/h9-11,14,17H,4-8,12-13,15H2,1-3H3,(H2,27,36)(H,29,30,31). The molecule has 2 aliphatic rings. The summed E-state index contributed by atoms with van der Waals surface area (Å²) < 4.78 is 3.92. The van der Waals surface area contributed by atoms with Crippen molar-refractivity contribution in [3.05, 3.63) is 35.7 Å². The van der Waals surface area contributed by atoms with Crippen LogP contribution in [0.2, 0.25) is 0 Å². The highest BCUT2D eigenvalue weighted by Crippen LogP contribution is 2.53. The van der Waals surface area contributed by atoms with Crippen LogP contribution >= 0.6 is 0 Å². The van der Waals surface area contributed by atoms with Crippen molar-refractivity contribution in [1.29, 1.82) is 0 Å². The number of piperidine rings is 1. The third-order valence-electron chi connectivity index (χ3n) is 8.16. The largest absolute Gasteiger partial charge is 0.366 e. The molecule has 10 nitrogen and oxygen atoms in total. The van der Waals surface area contributed by atoms with Gasteiger partial charge in [0.25, 0.3) is 0 Å². The number of H-pyrrole nitrogens is 1. The number of hydrogen-bond donors (Lipinski definition) is 2. The van der Waals surface area contributed by atoms with Gasteiger partial charge in [0.2, 0.25) is 5.91 Å². The zero-order chi connectivity index (χ0) is 25.0. The van der Waals surface area contributed by atoms with E-state index in [1.165, 1.54) is 38.8 Å². The van der Waals surface area contributed by atoms with Gasteiger partial charge in [-0.1, -0.05) is 0 Å². The molecule has 0 atom stereocenters. The molecular formula is C26H33N9O. The summed E-state index contributed by atoms with van der Waals surface area (Å²) in [5.41, 5.74) is 10.1. The second-order valence-electron chi connectivity index (χ2n) is 10.7. The lowest BCUT2D eigenvalue weighted by Gasteiger charge is -2.52. The first-order chi connectivity index (χ1) is 17.3. The molecule has 1 spiro atoms. The highest BCUT2D eigenvalue weighted by atomic mass is 16.1. The van der Waals surface area contributed by atoms with Gasteiger partial charge < -0.3 is 15.6 Å². The molecule has 3 N–H and O–H groups in total. The Morgan fingerprint density at radius 1 is 1.14 bits per heavy atom. The number of aromatic amines is 1. The van der Waals surface area contributed by atoms with E-state index in [1.54, 1.807) is 6.07 Å². The molecule has 1 saturated heterocycles. The molecule has 0 unspecified atom stereocenters. The number of hydrogen-bond acceptors (Lipinski definition) is 6. The smallest absolute Gasteiger partial charge is 0.248 e. The zero-order valence-electron chi connectivity index (χ0n) is 21.2. The molecule has 188 valence electrons. The fraction of sp³-hybridized carbons (Fsp3) is 0.500. The number of rotatable bonds is 6. The van der Waals surface area contributed by atoms with Crippen molar-refractivity contribution in [2.24, 2.45) is 17.1 Å². The van der Waals surface area contributed by atoms with Gasteiger partial charge in [-0.3, -0.25) is 14.2 Å². The van der Waals surface area contributed by atoms with Crippen LogP contribution in [0, 0.1) is 18.3 Å². The van der Waals surface area contributed by atoms with Gasteiger partial charge in [0.15, 0.2) is 11.6 Å². The number of aromatic nitrogens is 7. The first-order valence-electron chi connectivity index (χ1n) is 12.8. The molecule has 0 radical (unpaired) electrons. The van der Waals surface area contributed by atoms with Crippen LogP contribution in [0.15, 0.2) is 24.4 Å². The van der Waals surface area contributed by atoms with Gasteiger partial charge in [0, 0.05) is 29.6 Å². The number of benzene rings is 1. The molecule has 4 heterocycles. The van der Waals surface area contributed by atoms with Gasteiger partial charge in [-0.25, -0.2) is 0 Å². The van der Waals surface area contributed by atoms with E-state index in [9.17, 15) is 4.79 Å². The van der Waals surface area contributed by atoms with Crippen molar-refractivity contribution in [1.82, 2.24) is 39.6 Å². The third kappa shape index (κ3) is 3.89. The number of likely N-dealkylation sites (tertiary alicyclic amines) is 1. The second kappa shape index (κ2) is 8.55. The normalized spacial score (nSPS) is 18.2. The number of nitrogens with one attached hydrogen (secondary N) is 1. The van der Waals surface area contributed by atoms with E-state index in [1.807, 2.05) is 41.5 Å². The highest BCUT2D eigenvalue weighted by molar-refractivity contribution is 6.02. The highest BCUT2D eigenvalue weighted by Gasteiger charge is 2.45. The van der Waals surface area contributed by atoms with Gasteiger partial charge in [-0.15, -0.1) is 10.2 Å². The molecular weight excluding hydrogens is 454 g/mol. The van der Waals surface area contributed by atoms with Crippen LogP contribution in [0.25, 0.3) is 33.8 Å². The number of amides is 1. The van der Waals surface area contributed by atoms with Crippen LogP contribution < -0.4 is 5.73 Å². The number of nitrogens with two attached hydrogens (primary N) is 1. The topological polar surface area (TPSA) is 124 Å². The van der Waals surface area contributed by atoms with Gasteiger partial charge >= 0.3 is 0 Å². The summed E-state index contributed by atoms with van der Waals surface area (Å²) in [5, 5.41) is 19.0. The third-order valence-corrected chi connectivity index (χ3v) is 8.16. The molecule has 1 saturated carbocycles. The molecule has 3 aromatic heterocycles. The number of nitrogens with zero attached hydrogens (tertiary/aromatic N) is 7. The lowest BCUT2D eigenvalue weighted by atomic mass is 9.57. The average Bonchev–Trinajstić information content (AvgIpc) is 3.57. The summed E-state index contributed by atoms with van der Waals surface area (Å²) in [5.74, 6) is 1.34. The number of fused-ring (bicyclic) bond motifs is 1. The van der Waals surface area contributed by atoms with E-state index in [0.29, 0.717) is 28.5 Å². The van der Waals surface area contributed by atoms with Crippen LogP contribution in [-0.4, -0.2) is 65.7 Å². The van der Waals surface area contributed by atoms with Crippen LogP contribution in [0.1, 0.15) is 48.7 Å². The van der Waals surface area contributed by atoms with Gasteiger partial charge in [-0.05, 0) is 89.2 Å². The van der Waals surface area contributed by atoms with Crippen molar-refractivity contribution in [3.8, 4) is 22.9 Å². The van der Waals surface area contributed by atoms with E-state index >= 15 is 0 Å². The minimum atomic E-state index is -0.473. The Bertz CT molecular complexity index is 1430. The monoisotopic (exact) mass is 487 g/mol. The molecule has 1 amide bonds. The molecule has 1 aromatic carbocycles. The molecule has 36 heavy (non-hydrogen) atoms. The van der Waals surface area contributed by atoms with E-state index in [-0.39, 0.29) is 0 Å². The molecule has 6 rings (SSSR count). The lowest BCUT2D eigenvalue weighted by Crippen LogP contribution is -2.47. The number of aryl methyl sites for hydroxylation is 2. The van der Waals surface area contributed by atoms with Crippen LogP contribution in [0.3, 0.4) is 0 Å². The molecule has 2 fully saturated rings. The Kier molecular flexibility index (Phi) is 5.44. The Morgan fingerprint density at radius 2 is 1.89 bits per heavy atom. The first kappa shape index (κ1) is 22.9. The van der Waals surface area contributed by atoms with Crippen LogP contribution in [-0.2, 0) is 13.1 Å². The van der Waals surface area contributed by atoms with Crippen molar-refractivity contribution in [2.45, 2.75) is 52.6 Å². The molecule has 4 aromatic rings. The van der Waals surface area contributed by atoms with E-state index < -0.39 is 5.91 Å². The minimum Gasteiger partial charge on any atom is -0.366 e. The quantitative estimate of drug-likeness (QED) is 0.430. The van der Waals surface area contributed by atoms with Crippen LogP contribution in [0.5, 0.6) is 0 Å². The summed E-state index contributed by atoms with van der Waals surface area (Å²) in [6.07, 6.45) is 6.95. The zero-order valence-corrected chi connectivity index (χ0v) is 21.2. The Balaban J connectivity index is 1.31. The van der Waals surface area contributed by atoms with Gasteiger partial charge in [0.05, 0.1) is 17.4 Å². The average molecular weight is 488 g/mol. The summed E-state index contributed by atoms with van der Waals surface area (Å²) in [4.78, 5) is 18.0. The minimum absolute atomic E-state index is 0.437. The second-order valence-corrected chi connectivity index (χ2v) is 10.7. The SMILES string of the molecule is CCn1nc(C)cc1-c1nnc(-c2cc(C(N)=O)cc3c2cnn3CC2CC3(CCN(C)CC3)C2)[nH]1. The maximum absolute atomic E-state index is 12.2. The molecule has 0 bridgehead atoms. The lowest BCUT2D eigenvalue weighted by molar-refractivity contribution is -0.0142.